The van der Waals surface area contributed by atoms with Gasteiger partial charge in [-0.05, 0) is 42.3 Å². The number of rotatable bonds is 7. The summed E-state index contributed by atoms with van der Waals surface area (Å²) >= 11 is 0. The van der Waals surface area contributed by atoms with E-state index in [1.54, 1.807) is 32.4 Å². The minimum atomic E-state index is -0.393. The SMILES string of the molecule is COc1ccc(OC)c(CCNc2nc(-c3ccccc3F)no2)c1. The quantitative estimate of drug-likeness (QED) is 0.707. The number of halogens is 1. The van der Waals surface area contributed by atoms with Gasteiger partial charge in [0.25, 0.3) is 0 Å². The molecule has 0 radical (unpaired) electrons. The van der Waals surface area contributed by atoms with Crippen LogP contribution >= 0.6 is 0 Å². The largest absolute Gasteiger partial charge is 0.497 e. The van der Waals surface area contributed by atoms with Crippen molar-refractivity contribution in [2.75, 3.05) is 26.1 Å². The molecule has 0 bridgehead atoms. The van der Waals surface area contributed by atoms with Crippen LogP contribution in [0.3, 0.4) is 0 Å². The summed E-state index contributed by atoms with van der Waals surface area (Å²) in [5, 5.41) is 6.83. The average Bonchev–Trinajstić information content (AvgIpc) is 3.10. The third kappa shape index (κ3) is 3.88. The van der Waals surface area contributed by atoms with E-state index in [0.29, 0.717) is 18.5 Å². The van der Waals surface area contributed by atoms with Gasteiger partial charge in [0.15, 0.2) is 0 Å². The van der Waals surface area contributed by atoms with Crippen LogP contribution in [-0.4, -0.2) is 30.9 Å². The minimum absolute atomic E-state index is 0.208. The van der Waals surface area contributed by atoms with Gasteiger partial charge >= 0.3 is 6.01 Å². The van der Waals surface area contributed by atoms with E-state index in [-0.39, 0.29) is 11.8 Å². The second-order valence-electron chi connectivity index (χ2n) is 5.26. The van der Waals surface area contributed by atoms with Crippen LogP contribution in [0.1, 0.15) is 5.56 Å². The molecule has 2 aromatic carbocycles. The highest BCUT2D eigenvalue weighted by Gasteiger charge is 2.12. The van der Waals surface area contributed by atoms with Gasteiger partial charge in [0, 0.05) is 6.54 Å². The number of methoxy groups -OCH3 is 2. The molecule has 7 heteroatoms. The first-order valence-electron chi connectivity index (χ1n) is 7.74. The van der Waals surface area contributed by atoms with Crippen LogP contribution in [0.5, 0.6) is 11.5 Å². The summed E-state index contributed by atoms with van der Waals surface area (Å²) in [5.41, 5.74) is 1.29. The van der Waals surface area contributed by atoms with Crippen molar-refractivity contribution in [3.8, 4) is 22.9 Å². The van der Waals surface area contributed by atoms with E-state index >= 15 is 0 Å². The summed E-state index contributed by atoms with van der Waals surface area (Å²) in [6.07, 6.45) is 0.664. The lowest BCUT2D eigenvalue weighted by molar-refractivity contribution is 0.398. The van der Waals surface area contributed by atoms with Crippen LogP contribution in [-0.2, 0) is 6.42 Å². The minimum Gasteiger partial charge on any atom is -0.497 e. The molecule has 0 aliphatic rings. The van der Waals surface area contributed by atoms with Crippen LogP contribution < -0.4 is 14.8 Å². The van der Waals surface area contributed by atoms with E-state index in [9.17, 15) is 4.39 Å². The second-order valence-corrected chi connectivity index (χ2v) is 5.26. The van der Waals surface area contributed by atoms with Crippen LogP contribution in [0.25, 0.3) is 11.4 Å². The average molecular weight is 343 g/mol. The lowest BCUT2D eigenvalue weighted by Crippen LogP contribution is -2.06. The van der Waals surface area contributed by atoms with Gasteiger partial charge in [-0.15, -0.1) is 0 Å². The molecule has 1 N–H and O–H groups in total. The van der Waals surface area contributed by atoms with Crippen LogP contribution in [0, 0.1) is 5.82 Å². The highest BCUT2D eigenvalue weighted by molar-refractivity contribution is 5.56. The van der Waals surface area contributed by atoms with Crippen LogP contribution in [0.4, 0.5) is 10.4 Å². The Morgan fingerprint density at radius 2 is 1.96 bits per heavy atom. The van der Waals surface area contributed by atoms with Crippen LogP contribution in [0.2, 0.25) is 0 Å². The summed E-state index contributed by atoms with van der Waals surface area (Å²) in [5.74, 6) is 1.35. The molecule has 0 amide bonds. The topological polar surface area (TPSA) is 69.4 Å². The maximum Gasteiger partial charge on any atom is 0.321 e. The highest BCUT2D eigenvalue weighted by Crippen LogP contribution is 2.25. The standard InChI is InChI=1S/C18H18FN3O3/c1-23-13-7-8-16(24-2)12(11-13)9-10-20-18-21-17(22-25-18)14-5-3-4-6-15(14)19/h3-8,11H,9-10H2,1-2H3,(H,20,21,22). The first kappa shape index (κ1) is 16.8. The summed E-state index contributed by atoms with van der Waals surface area (Å²) in [7, 11) is 3.24. The summed E-state index contributed by atoms with van der Waals surface area (Å²) in [4.78, 5) is 4.16. The molecular weight excluding hydrogens is 325 g/mol. The molecule has 0 saturated heterocycles. The Hall–Kier alpha value is -3.09. The monoisotopic (exact) mass is 343 g/mol. The fourth-order valence-electron chi connectivity index (χ4n) is 2.43. The lowest BCUT2D eigenvalue weighted by Gasteiger charge is -2.10. The van der Waals surface area contributed by atoms with Crippen molar-refractivity contribution in [3.63, 3.8) is 0 Å². The molecule has 0 fully saturated rings. The Morgan fingerprint density at radius 1 is 1.12 bits per heavy atom. The van der Waals surface area contributed by atoms with Gasteiger partial charge in [0.2, 0.25) is 5.82 Å². The molecular formula is C18H18FN3O3. The number of ether oxygens (including phenoxy) is 2. The molecule has 25 heavy (non-hydrogen) atoms. The second kappa shape index (κ2) is 7.65. The molecule has 0 atom stereocenters. The van der Waals surface area contributed by atoms with Gasteiger partial charge in [0.1, 0.15) is 17.3 Å². The summed E-state index contributed by atoms with van der Waals surface area (Å²) in [6.45, 7) is 0.544. The fourth-order valence-corrected chi connectivity index (χ4v) is 2.43. The number of nitrogens with zero attached hydrogens (tertiary/aromatic N) is 2. The molecule has 1 aromatic heterocycles. The molecule has 0 saturated carbocycles. The lowest BCUT2D eigenvalue weighted by atomic mass is 10.1. The van der Waals surface area contributed by atoms with Crippen molar-refractivity contribution in [1.29, 1.82) is 0 Å². The van der Waals surface area contributed by atoms with Crippen molar-refractivity contribution >= 4 is 6.01 Å². The first-order chi connectivity index (χ1) is 12.2. The van der Waals surface area contributed by atoms with Gasteiger partial charge in [-0.3, -0.25) is 0 Å². The van der Waals surface area contributed by atoms with Crippen molar-refractivity contribution < 1.29 is 18.4 Å². The zero-order valence-corrected chi connectivity index (χ0v) is 14.0. The predicted molar refractivity (Wildman–Crippen MR) is 91.4 cm³/mol. The Morgan fingerprint density at radius 3 is 2.72 bits per heavy atom. The number of hydrogen-bond acceptors (Lipinski definition) is 6. The normalized spacial score (nSPS) is 10.5. The van der Waals surface area contributed by atoms with E-state index < -0.39 is 5.82 Å². The van der Waals surface area contributed by atoms with E-state index in [4.69, 9.17) is 14.0 Å². The first-order valence-corrected chi connectivity index (χ1v) is 7.74. The van der Waals surface area contributed by atoms with Gasteiger partial charge < -0.3 is 19.3 Å². The van der Waals surface area contributed by atoms with Gasteiger partial charge in [-0.1, -0.05) is 17.3 Å². The summed E-state index contributed by atoms with van der Waals surface area (Å²) in [6, 6.07) is 12.1. The Labute approximate surface area is 144 Å². The number of aromatic nitrogens is 2. The Kier molecular flexibility index (Phi) is 5.13. The number of hydrogen-bond donors (Lipinski definition) is 1. The van der Waals surface area contributed by atoms with Crippen molar-refractivity contribution in [3.05, 3.63) is 53.8 Å². The zero-order valence-electron chi connectivity index (χ0n) is 14.0. The smallest absolute Gasteiger partial charge is 0.321 e. The third-order valence-corrected chi connectivity index (χ3v) is 3.70. The molecule has 3 rings (SSSR count). The van der Waals surface area contributed by atoms with E-state index in [2.05, 4.69) is 15.5 Å². The zero-order chi connectivity index (χ0) is 17.6. The Balaban J connectivity index is 1.65. The number of nitrogens with one attached hydrogen (secondary N) is 1. The van der Waals surface area contributed by atoms with Gasteiger partial charge in [-0.25, -0.2) is 4.39 Å². The van der Waals surface area contributed by atoms with Gasteiger partial charge in [0.05, 0.1) is 19.8 Å². The number of benzene rings is 2. The molecule has 0 aliphatic heterocycles. The third-order valence-electron chi connectivity index (χ3n) is 3.70. The van der Waals surface area contributed by atoms with Gasteiger partial charge in [-0.2, -0.15) is 4.98 Å². The van der Waals surface area contributed by atoms with E-state index in [1.165, 1.54) is 6.07 Å². The van der Waals surface area contributed by atoms with E-state index in [0.717, 1.165) is 17.1 Å². The van der Waals surface area contributed by atoms with Crippen molar-refractivity contribution in [1.82, 2.24) is 10.1 Å². The molecule has 0 aliphatic carbocycles. The summed E-state index contributed by atoms with van der Waals surface area (Å²) < 4.78 is 29.4. The predicted octanol–water partition coefficient (Wildman–Crippen LogP) is 3.55. The van der Waals surface area contributed by atoms with Crippen molar-refractivity contribution in [2.24, 2.45) is 0 Å². The van der Waals surface area contributed by atoms with Crippen molar-refractivity contribution in [2.45, 2.75) is 6.42 Å². The molecule has 130 valence electrons. The molecule has 0 unspecified atom stereocenters. The molecule has 3 aromatic rings. The Bertz CT molecular complexity index is 851. The molecule has 1 heterocycles. The molecule has 0 spiro atoms. The molecule has 6 nitrogen and oxygen atoms in total. The van der Waals surface area contributed by atoms with Crippen LogP contribution in [0.15, 0.2) is 47.0 Å². The fraction of sp³-hybridized carbons (Fsp3) is 0.222. The van der Waals surface area contributed by atoms with E-state index in [1.807, 2.05) is 18.2 Å². The maximum absolute atomic E-state index is 13.7. The maximum atomic E-state index is 13.7. The highest BCUT2D eigenvalue weighted by atomic mass is 19.1. The number of anilines is 1.